The van der Waals surface area contributed by atoms with Crippen LogP contribution in [0.3, 0.4) is 0 Å². The quantitative estimate of drug-likeness (QED) is 0.275. The molecule has 0 aromatic heterocycles. The summed E-state index contributed by atoms with van der Waals surface area (Å²) in [5.74, 6) is -1.04. The minimum absolute atomic E-state index is 0.00295. The highest BCUT2D eigenvalue weighted by atomic mass is 16.5. The molecule has 2 aliphatic heterocycles. The van der Waals surface area contributed by atoms with Crippen molar-refractivity contribution in [3.05, 3.63) is 76.9 Å². The van der Waals surface area contributed by atoms with Crippen molar-refractivity contribution < 1.29 is 23.9 Å². The van der Waals surface area contributed by atoms with Crippen molar-refractivity contribution in [1.82, 2.24) is 4.90 Å². The van der Waals surface area contributed by atoms with Gasteiger partial charge in [0, 0.05) is 47.2 Å². The van der Waals surface area contributed by atoms with Gasteiger partial charge in [0.25, 0.3) is 11.8 Å². The summed E-state index contributed by atoms with van der Waals surface area (Å²) < 4.78 is 10.9. The molecule has 1 fully saturated rings. The Morgan fingerprint density at radius 2 is 1.59 bits per heavy atom. The van der Waals surface area contributed by atoms with Crippen LogP contribution in [0.25, 0.3) is 10.8 Å². The Bertz CT molecular complexity index is 1330. The Morgan fingerprint density at radius 1 is 0.919 bits per heavy atom. The Labute approximate surface area is 216 Å². The maximum Gasteiger partial charge on any atom is 0.338 e. The van der Waals surface area contributed by atoms with E-state index in [0.29, 0.717) is 41.7 Å². The normalized spacial score (nSPS) is 15.9. The van der Waals surface area contributed by atoms with E-state index >= 15 is 0 Å². The van der Waals surface area contributed by atoms with E-state index in [4.69, 9.17) is 9.47 Å². The van der Waals surface area contributed by atoms with E-state index in [-0.39, 0.29) is 30.4 Å². The minimum atomic E-state index is -0.414. The van der Waals surface area contributed by atoms with Gasteiger partial charge in [-0.1, -0.05) is 45.0 Å². The molecule has 0 spiro atoms. The van der Waals surface area contributed by atoms with Gasteiger partial charge < -0.3 is 14.4 Å². The van der Waals surface area contributed by atoms with E-state index in [1.807, 2.05) is 36.4 Å². The molecule has 0 atom stereocenters. The monoisotopic (exact) mass is 500 g/mol. The first-order chi connectivity index (χ1) is 17.8. The van der Waals surface area contributed by atoms with Crippen molar-refractivity contribution in [2.45, 2.75) is 32.6 Å². The Kier molecular flexibility index (Phi) is 6.73. The van der Waals surface area contributed by atoms with Crippen LogP contribution in [0.4, 0.5) is 5.69 Å². The van der Waals surface area contributed by atoms with E-state index in [2.05, 4.69) is 25.7 Å². The first-order valence-corrected chi connectivity index (χ1v) is 12.8. The third-order valence-electron chi connectivity index (χ3n) is 7.07. The number of ether oxygens (including phenoxy) is 2. The number of hydrogen-bond acceptors (Lipinski definition) is 6. The highest BCUT2D eigenvalue weighted by Gasteiger charge is 2.33. The van der Waals surface area contributed by atoms with Gasteiger partial charge in [-0.15, -0.1) is 0 Å². The van der Waals surface area contributed by atoms with Crippen LogP contribution in [0.2, 0.25) is 0 Å². The molecule has 3 aromatic carbocycles. The maximum absolute atomic E-state index is 13.3. The van der Waals surface area contributed by atoms with Crippen LogP contribution in [-0.4, -0.2) is 62.1 Å². The second kappa shape index (κ2) is 9.98. The zero-order valence-corrected chi connectivity index (χ0v) is 21.6. The average Bonchev–Trinajstić information content (AvgIpc) is 2.91. The van der Waals surface area contributed by atoms with Crippen LogP contribution in [-0.2, 0) is 14.9 Å². The van der Waals surface area contributed by atoms with Gasteiger partial charge in [0.2, 0.25) is 0 Å². The lowest BCUT2D eigenvalue weighted by Crippen LogP contribution is -2.41. The van der Waals surface area contributed by atoms with Crippen molar-refractivity contribution >= 4 is 34.2 Å². The lowest BCUT2D eigenvalue weighted by atomic mass is 9.87. The third kappa shape index (κ3) is 4.83. The summed E-state index contributed by atoms with van der Waals surface area (Å²) in [5.41, 5.74) is 3.69. The number of esters is 1. The summed E-state index contributed by atoms with van der Waals surface area (Å²) in [6.07, 6.45) is 0.362. The van der Waals surface area contributed by atoms with Gasteiger partial charge in [-0.2, -0.15) is 0 Å². The number of morpholine rings is 1. The van der Waals surface area contributed by atoms with Crippen LogP contribution in [0.5, 0.6) is 0 Å². The number of carbonyl (C=O) groups excluding carboxylic acids is 3. The highest BCUT2D eigenvalue weighted by molar-refractivity contribution is 6.26. The van der Waals surface area contributed by atoms with Gasteiger partial charge in [0.05, 0.1) is 25.4 Å². The van der Waals surface area contributed by atoms with Crippen LogP contribution in [0.15, 0.2) is 54.6 Å². The Hall–Kier alpha value is -3.71. The van der Waals surface area contributed by atoms with Crippen LogP contribution in [0.1, 0.15) is 63.8 Å². The summed E-state index contributed by atoms with van der Waals surface area (Å²) >= 11 is 0. The molecular weight excluding hydrogens is 468 g/mol. The minimum Gasteiger partial charge on any atom is -0.462 e. The molecule has 2 amide bonds. The molecule has 2 heterocycles. The molecule has 5 rings (SSSR count). The fourth-order valence-corrected chi connectivity index (χ4v) is 4.99. The molecule has 0 bridgehead atoms. The largest absolute Gasteiger partial charge is 0.462 e. The number of anilines is 1. The van der Waals surface area contributed by atoms with Crippen molar-refractivity contribution in [3.8, 4) is 0 Å². The summed E-state index contributed by atoms with van der Waals surface area (Å²) in [4.78, 5) is 42.6. The summed E-state index contributed by atoms with van der Waals surface area (Å²) in [7, 11) is 0. The summed E-state index contributed by atoms with van der Waals surface area (Å²) in [6, 6.07) is 16.8. The Balaban J connectivity index is 1.26. The molecule has 37 heavy (non-hydrogen) atoms. The number of imide groups is 1. The fraction of sp³-hybridized carbons (Fsp3) is 0.367. The molecule has 1 saturated heterocycles. The van der Waals surface area contributed by atoms with E-state index in [1.165, 1.54) is 4.90 Å². The van der Waals surface area contributed by atoms with Crippen molar-refractivity contribution in [3.63, 3.8) is 0 Å². The first-order valence-electron chi connectivity index (χ1n) is 12.8. The molecule has 7 heteroatoms. The second-order valence-corrected chi connectivity index (χ2v) is 10.5. The number of carbonyl (C=O) groups is 3. The van der Waals surface area contributed by atoms with E-state index in [0.717, 1.165) is 29.7 Å². The number of benzene rings is 3. The van der Waals surface area contributed by atoms with Gasteiger partial charge in [0.1, 0.15) is 0 Å². The van der Waals surface area contributed by atoms with Crippen LogP contribution in [0, 0.1) is 0 Å². The van der Waals surface area contributed by atoms with E-state index in [1.54, 1.807) is 18.2 Å². The lowest BCUT2D eigenvalue weighted by molar-refractivity contribution is 0.0476. The van der Waals surface area contributed by atoms with Gasteiger partial charge >= 0.3 is 5.97 Å². The van der Waals surface area contributed by atoms with E-state index in [9.17, 15) is 14.4 Å². The van der Waals surface area contributed by atoms with Crippen LogP contribution >= 0.6 is 0 Å². The molecule has 0 radical (unpaired) electrons. The predicted molar refractivity (Wildman–Crippen MR) is 142 cm³/mol. The molecule has 0 N–H and O–H groups in total. The standard InChI is InChI=1S/C30H32N2O5/c1-30(2,3)21-10-8-20(9-11-21)29(35)37-17-5-14-32-27(33)23-7-4-6-22-25(31-15-18-36-19-16-31)13-12-24(26(22)23)28(32)34/h4,6-13H,5,14-19H2,1-3H3. The van der Waals surface area contributed by atoms with Gasteiger partial charge in [-0.25, -0.2) is 4.79 Å². The van der Waals surface area contributed by atoms with Gasteiger partial charge in [-0.05, 0) is 47.7 Å². The average molecular weight is 501 g/mol. The van der Waals surface area contributed by atoms with Crippen molar-refractivity contribution in [1.29, 1.82) is 0 Å². The number of rotatable bonds is 6. The first kappa shape index (κ1) is 25.0. The Morgan fingerprint density at radius 3 is 2.27 bits per heavy atom. The van der Waals surface area contributed by atoms with E-state index < -0.39 is 5.97 Å². The molecule has 0 aliphatic carbocycles. The molecule has 2 aliphatic rings. The number of hydrogen-bond donors (Lipinski definition) is 0. The van der Waals surface area contributed by atoms with Crippen molar-refractivity contribution in [2.24, 2.45) is 0 Å². The summed E-state index contributed by atoms with van der Waals surface area (Å²) in [5, 5.41) is 1.62. The second-order valence-electron chi connectivity index (χ2n) is 10.5. The molecule has 192 valence electrons. The smallest absolute Gasteiger partial charge is 0.338 e. The van der Waals surface area contributed by atoms with Gasteiger partial charge in [-0.3, -0.25) is 14.5 Å². The topological polar surface area (TPSA) is 76.2 Å². The molecule has 0 unspecified atom stereocenters. The molecule has 3 aromatic rings. The fourth-order valence-electron chi connectivity index (χ4n) is 4.99. The predicted octanol–water partition coefficient (Wildman–Crippen LogP) is 4.82. The lowest BCUT2D eigenvalue weighted by Gasteiger charge is -2.32. The zero-order chi connectivity index (χ0) is 26.2. The highest BCUT2D eigenvalue weighted by Crippen LogP contribution is 2.36. The molecule has 7 nitrogen and oxygen atoms in total. The molecular formula is C30H32N2O5. The SMILES string of the molecule is CC(C)(C)c1ccc(C(=O)OCCCN2C(=O)c3cccc4c(N5CCOCC5)ccc(c34)C2=O)cc1. The number of nitrogens with zero attached hydrogens (tertiary/aromatic N) is 2. The summed E-state index contributed by atoms with van der Waals surface area (Å²) in [6.45, 7) is 9.49. The van der Waals surface area contributed by atoms with Gasteiger partial charge in [0.15, 0.2) is 0 Å². The zero-order valence-electron chi connectivity index (χ0n) is 21.6. The van der Waals surface area contributed by atoms with Crippen molar-refractivity contribution in [2.75, 3.05) is 44.4 Å². The van der Waals surface area contributed by atoms with Crippen LogP contribution < -0.4 is 4.90 Å². The third-order valence-corrected chi connectivity index (χ3v) is 7.07. The maximum atomic E-state index is 13.3. The number of amides is 2. The molecule has 0 saturated carbocycles.